The fourth-order valence-electron chi connectivity index (χ4n) is 2.36. The summed E-state index contributed by atoms with van der Waals surface area (Å²) in [6.07, 6.45) is 2.63. The van der Waals surface area contributed by atoms with Crippen molar-refractivity contribution in [3.63, 3.8) is 0 Å². The first-order valence-corrected chi connectivity index (χ1v) is 7.59. The van der Waals surface area contributed by atoms with Crippen LogP contribution in [0.1, 0.15) is 21.6 Å². The molecule has 0 aliphatic rings. The van der Waals surface area contributed by atoms with Crippen LogP contribution in [0.25, 0.3) is 5.65 Å². The number of nitriles is 1. The van der Waals surface area contributed by atoms with Crippen molar-refractivity contribution in [3.8, 4) is 11.9 Å². The lowest BCUT2D eigenvalue weighted by molar-refractivity contribution is -0.136. The average molecular weight is 364 g/mol. The van der Waals surface area contributed by atoms with Gasteiger partial charge in [-0.15, -0.1) is 0 Å². The molecular weight excluding hydrogens is 352 g/mol. The molecule has 27 heavy (non-hydrogen) atoms. The van der Waals surface area contributed by atoms with Gasteiger partial charge in [0.15, 0.2) is 17.6 Å². The number of hydrogen-bond donors (Lipinski definition) is 3. The van der Waals surface area contributed by atoms with Gasteiger partial charge in [-0.3, -0.25) is 15.5 Å². The predicted molar refractivity (Wildman–Crippen MR) is 91.3 cm³/mol. The summed E-state index contributed by atoms with van der Waals surface area (Å²) >= 11 is 0. The molecule has 2 heterocycles. The standard InChI is InChI=1S/C17H12N6O4/c18-8-20-15(19)10-1-3-11(4-2-10)17(26)27-13-6-5-12(7-14(24)25)23-16(13)21-9-22-23/h1-6,9H,7H2,(H2,19,20)(H,24,25). The number of rotatable bonds is 5. The minimum atomic E-state index is -1.02. The first-order chi connectivity index (χ1) is 13.0. The zero-order valence-electron chi connectivity index (χ0n) is 13.7. The summed E-state index contributed by atoms with van der Waals surface area (Å²) < 4.78 is 6.65. The monoisotopic (exact) mass is 364 g/mol. The SMILES string of the molecule is N#CNC(=N)c1ccc(C(=O)Oc2ccc(CC(=O)O)n3ncnc23)cc1. The highest BCUT2D eigenvalue weighted by Crippen LogP contribution is 2.21. The van der Waals surface area contributed by atoms with Crippen LogP contribution in [0.3, 0.4) is 0 Å². The number of hydrogen-bond acceptors (Lipinski definition) is 7. The Kier molecular flexibility index (Phi) is 4.76. The van der Waals surface area contributed by atoms with Crippen LogP contribution in [-0.2, 0) is 11.2 Å². The number of fused-ring (bicyclic) bond motifs is 1. The van der Waals surface area contributed by atoms with E-state index in [0.29, 0.717) is 11.3 Å². The van der Waals surface area contributed by atoms with Crippen molar-refractivity contribution >= 4 is 23.4 Å². The second kappa shape index (κ2) is 7.32. The molecule has 0 radical (unpaired) electrons. The number of pyridine rings is 1. The van der Waals surface area contributed by atoms with Gasteiger partial charge in [-0.05, 0) is 24.3 Å². The van der Waals surface area contributed by atoms with Gasteiger partial charge in [0.2, 0.25) is 0 Å². The highest BCUT2D eigenvalue weighted by atomic mass is 16.5. The Morgan fingerprint density at radius 2 is 1.93 bits per heavy atom. The lowest BCUT2D eigenvalue weighted by Gasteiger charge is -2.08. The lowest BCUT2D eigenvalue weighted by Crippen LogP contribution is -2.17. The zero-order chi connectivity index (χ0) is 19.4. The Bertz CT molecular complexity index is 1080. The number of amidine groups is 1. The molecule has 0 saturated carbocycles. The van der Waals surface area contributed by atoms with Gasteiger partial charge in [-0.2, -0.15) is 10.4 Å². The number of carboxylic acids is 1. The number of aromatic nitrogens is 3. The molecule has 3 rings (SSSR count). The van der Waals surface area contributed by atoms with Gasteiger partial charge in [0.05, 0.1) is 17.7 Å². The predicted octanol–water partition coefficient (Wildman–Crippen LogP) is 0.972. The van der Waals surface area contributed by atoms with Crippen LogP contribution in [0.15, 0.2) is 42.7 Å². The summed E-state index contributed by atoms with van der Waals surface area (Å²) in [5.74, 6) is -1.63. The smallest absolute Gasteiger partial charge is 0.343 e. The third kappa shape index (κ3) is 3.72. The second-order valence-corrected chi connectivity index (χ2v) is 5.33. The fourth-order valence-corrected chi connectivity index (χ4v) is 2.36. The number of carbonyl (C=O) groups excluding carboxylic acids is 1. The van der Waals surface area contributed by atoms with Gasteiger partial charge >= 0.3 is 11.9 Å². The number of nitrogens with zero attached hydrogens (tertiary/aromatic N) is 4. The molecule has 0 aliphatic heterocycles. The number of esters is 1. The van der Waals surface area contributed by atoms with Crippen molar-refractivity contribution in [1.82, 2.24) is 19.9 Å². The van der Waals surface area contributed by atoms with Gasteiger partial charge in [-0.1, -0.05) is 12.1 Å². The second-order valence-electron chi connectivity index (χ2n) is 5.33. The summed E-state index contributed by atoms with van der Waals surface area (Å²) in [4.78, 5) is 27.3. The van der Waals surface area contributed by atoms with E-state index < -0.39 is 11.9 Å². The minimum Gasteiger partial charge on any atom is -0.481 e. The molecule has 0 bridgehead atoms. The van der Waals surface area contributed by atoms with E-state index in [-0.39, 0.29) is 29.2 Å². The Labute approximate surface area is 152 Å². The topological polar surface area (TPSA) is 153 Å². The molecule has 1 aromatic carbocycles. The van der Waals surface area contributed by atoms with Crippen LogP contribution in [0.5, 0.6) is 5.75 Å². The van der Waals surface area contributed by atoms with Gasteiger partial charge < -0.3 is 9.84 Å². The summed E-state index contributed by atoms with van der Waals surface area (Å²) in [6, 6.07) is 8.89. The van der Waals surface area contributed by atoms with E-state index in [1.54, 1.807) is 6.19 Å². The fraction of sp³-hybridized carbons (Fsp3) is 0.0588. The molecule has 0 atom stereocenters. The molecule has 0 amide bonds. The number of ether oxygens (including phenoxy) is 1. The maximum Gasteiger partial charge on any atom is 0.343 e. The third-order valence-corrected chi connectivity index (χ3v) is 3.59. The van der Waals surface area contributed by atoms with Crippen LogP contribution >= 0.6 is 0 Å². The van der Waals surface area contributed by atoms with Crippen molar-refractivity contribution in [1.29, 1.82) is 10.7 Å². The molecule has 3 N–H and O–H groups in total. The van der Waals surface area contributed by atoms with E-state index >= 15 is 0 Å². The Morgan fingerprint density at radius 1 is 1.22 bits per heavy atom. The van der Waals surface area contributed by atoms with Crippen molar-refractivity contribution in [2.45, 2.75) is 6.42 Å². The normalized spacial score (nSPS) is 10.2. The first-order valence-electron chi connectivity index (χ1n) is 7.59. The molecule has 134 valence electrons. The highest BCUT2D eigenvalue weighted by Gasteiger charge is 2.16. The summed E-state index contributed by atoms with van der Waals surface area (Å²) in [5, 5.41) is 31.2. The third-order valence-electron chi connectivity index (χ3n) is 3.59. The van der Waals surface area contributed by atoms with E-state index in [9.17, 15) is 9.59 Å². The highest BCUT2D eigenvalue weighted by molar-refractivity contribution is 5.98. The van der Waals surface area contributed by atoms with Crippen molar-refractivity contribution in [2.75, 3.05) is 0 Å². The summed E-state index contributed by atoms with van der Waals surface area (Å²) in [5.41, 5.74) is 1.28. The van der Waals surface area contributed by atoms with Crippen molar-refractivity contribution < 1.29 is 19.4 Å². The quantitative estimate of drug-likeness (QED) is 0.199. The Morgan fingerprint density at radius 3 is 2.59 bits per heavy atom. The molecule has 0 saturated heterocycles. The largest absolute Gasteiger partial charge is 0.481 e. The molecule has 0 fully saturated rings. The summed E-state index contributed by atoms with van der Waals surface area (Å²) in [6.45, 7) is 0. The molecule has 3 aromatic rings. The molecule has 2 aromatic heterocycles. The molecule has 10 nitrogen and oxygen atoms in total. The maximum atomic E-state index is 12.4. The van der Waals surface area contributed by atoms with Crippen LogP contribution in [-0.4, -0.2) is 37.5 Å². The van der Waals surface area contributed by atoms with Crippen LogP contribution in [0.4, 0.5) is 0 Å². The first kappa shape index (κ1) is 17.6. The molecule has 0 unspecified atom stereocenters. The molecule has 0 spiro atoms. The van der Waals surface area contributed by atoms with Gasteiger partial charge in [0.1, 0.15) is 12.2 Å². The molecule has 10 heteroatoms. The van der Waals surface area contributed by atoms with E-state index in [0.717, 1.165) is 0 Å². The Balaban J connectivity index is 1.82. The lowest BCUT2D eigenvalue weighted by atomic mass is 10.1. The van der Waals surface area contributed by atoms with Crippen molar-refractivity contribution in [2.24, 2.45) is 0 Å². The van der Waals surface area contributed by atoms with Crippen LogP contribution in [0.2, 0.25) is 0 Å². The number of carbonyl (C=O) groups is 2. The summed E-state index contributed by atoms with van der Waals surface area (Å²) in [7, 11) is 0. The van der Waals surface area contributed by atoms with Gasteiger partial charge in [0.25, 0.3) is 0 Å². The number of aliphatic carboxylic acids is 1. The Hall–Kier alpha value is -4.26. The molecular formula is C17H12N6O4. The van der Waals surface area contributed by atoms with Crippen LogP contribution in [0, 0.1) is 16.9 Å². The van der Waals surface area contributed by atoms with Crippen LogP contribution < -0.4 is 10.1 Å². The van der Waals surface area contributed by atoms with E-state index in [1.807, 2.05) is 0 Å². The maximum absolute atomic E-state index is 12.4. The van der Waals surface area contributed by atoms with Gasteiger partial charge in [-0.25, -0.2) is 14.3 Å². The van der Waals surface area contributed by atoms with E-state index in [1.165, 1.54) is 47.2 Å². The number of nitrogens with one attached hydrogen (secondary N) is 2. The zero-order valence-corrected chi connectivity index (χ0v) is 13.7. The van der Waals surface area contributed by atoms with Gasteiger partial charge in [0, 0.05) is 5.56 Å². The van der Waals surface area contributed by atoms with E-state index in [4.69, 9.17) is 20.5 Å². The van der Waals surface area contributed by atoms with E-state index in [2.05, 4.69) is 15.4 Å². The number of carboxylic acid groups (broad SMARTS) is 1. The van der Waals surface area contributed by atoms with Crippen molar-refractivity contribution in [3.05, 3.63) is 59.5 Å². The molecule has 0 aliphatic carbocycles. The average Bonchev–Trinajstić information content (AvgIpc) is 3.14. The minimum absolute atomic E-state index is 0.0865. The number of benzene rings is 1.